The quantitative estimate of drug-likeness (QED) is 0.790. The second kappa shape index (κ2) is 7.00. The molecule has 0 aliphatic rings. The number of hydrogen-bond donors (Lipinski definition) is 2. The largest absolute Gasteiger partial charge is 0.326 e. The molecule has 0 saturated carbocycles. The molecule has 0 amide bonds. The molecule has 0 aliphatic carbocycles. The SMILES string of the molecule is CCN(Cc1ccccc1CN)S(=O)(=O)NC(C)C. The molecule has 0 aromatic heterocycles. The van der Waals surface area contributed by atoms with E-state index in [0.29, 0.717) is 19.6 Å². The van der Waals surface area contributed by atoms with Crippen LogP contribution in [0.25, 0.3) is 0 Å². The Kier molecular flexibility index (Phi) is 5.93. The molecule has 1 rings (SSSR count). The van der Waals surface area contributed by atoms with E-state index in [0.717, 1.165) is 11.1 Å². The number of hydrogen-bond acceptors (Lipinski definition) is 3. The Morgan fingerprint density at radius 1 is 1.26 bits per heavy atom. The highest BCUT2D eigenvalue weighted by Gasteiger charge is 2.21. The van der Waals surface area contributed by atoms with Gasteiger partial charge in [0, 0.05) is 25.7 Å². The summed E-state index contributed by atoms with van der Waals surface area (Å²) in [6.07, 6.45) is 0. The van der Waals surface area contributed by atoms with Gasteiger partial charge in [-0.25, -0.2) is 0 Å². The van der Waals surface area contributed by atoms with E-state index in [1.165, 1.54) is 4.31 Å². The van der Waals surface area contributed by atoms with E-state index in [9.17, 15) is 8.42 Å². The first-order valence-electron chi connectivity index (χ1n) is 6.45. The van der Waals surface area contributed by atoms with Gasteiger partial charge in [-0.3, -0.25) is 0 Å². The van der Waals surface area contributed by atoms with Gasteiger partial charge in [-0.2, -0.15) is 17.4 Å². The number of nitrogens with zero attached hydrogens (tertiary/aromatic N) is 1. The first-order chi connectivity index (χ1) is 8.90. The molecule has 0 radical (unpaired) electrons. The summed E-state index contributed by atoms with van der Waals surface area (Å²) in [7, 11) is -3.45. The van der Waals surface area contributed by atoms with E-state index in [4.69, 9.17) is 5.73 Å². The predicted octanol–water partition coefficient (Wildman–Crippen LogP) is 1.21. The van der Waals surface area contributed by atoms with Gasteiger partial charge in [-0.15, -0.1) is 0 Å². The molecule has 1 aromatic carbocycles. The summed E-state index contributed by atoms with van der Waals surface area (Å²) < 4.78 is 28.3. The van der Waals surface area contributed by atoms with Crippen LogP contribution in [-0.4, -0.2) is 25.3 Å². The van der Waals surface area contributed by atoms with E-state index in [1.54, 1.807) is 13.8 Å². The average molecular weight is 285 g/mol. The van der Waals surface area contributed by atoms with Crippen LogP contribution in [0.5, 0.6) is 0 Å². The van der Waals surface area contributed by atoms with Crippen molar-refractivity contribution >= 4 is 10.2 Å². The van der Waals surface area contributed by atoms with Gasteiger partial charge in [0.1, 0.15) is 0 Å². The van der Waals surface area contributed by atoms with Crippen molar-refractivity contribution in [3.63, 3.8) is 0 Å². The van der Waals surface area contributed by atoms with Crippen molar-refractivity contribution in [3.8, 4) is 0 Å². The molecule has 5 nitrogen and oxygen atoms in total. The predicted molar refractivity (Wildman–Crippen MR) is 77.6 cm³/mol. The molecule has 0 atom stereocenters. The van der Waals surface area contributed by atoms with Gasteiger partial charge in [-0.05, 0) is 25.0 Å². The first kappa shape index (κ1) is 16.1. The summed E-state index contributed by atoms with van der Waals surface area (Å²) in [6.45, 7) is 6.60. The maximum absolute atomic E-state index is 12.2. The molecule has 19 heavy (non-hydrogen) atoms. The van der Waals surface area contributed by atoms with Crippen LogP contribution in [0.2, 0.25) is 0 Å². The van der Waals surface area contributed by atoms with Crippen molar-refractivity contribution in [2.45, 2.75) is 39.9 Å². The first-order valence-corrected chi connectivity index (χ1v) is 7.89. The van der Waals surface area contributed by atoms with Gasteiger partial charge < -0.3 is 5.73 Å². The van der Waals surface area contributed by atoms with Crippen molar-refractivity contribution in [3.05, 3.63) is 35.4 Å². The minimum absolute atomic E-state index is 0.121. The second-order valence-electron chi connectivity index (χ2n) is 4.68. The average Bonchev–Trinajstić information content (AvgIpc) is 2.34. The second-order valence-corrected chi connectivity index (χ2v) is 6.38. The third-order valence-electron chi connectivity index (χ3n) is 2.76. The van der Waals surface area contributed by atoms with Crippen LogP contribution in [0.3, 0.4) is 0 Å². The minimum atomic E-state index is -3.45. The summed E-state index contributed by atoms with van der Waals surface area (Å²) >= 11 is 0. The molecule has 0 heterocycles. The Morgan fingerprint density at radius 3 is 2.32 bits per heavy atom. The molecular weight excluding hydrogens is 262 g/mol. The smallest absolute Gasteiger partial charge is 0.279 e. The topological polar surface area (TPSA) is 75.4 Å². The summed E-state index contributed by atoms with van der Waals surface area (Å²) in [5, 5.41) is 0. The van der Waals surface area contributed by atoms with E-state index < -0.39 is 10.2 Å². The van der Waals surface area contributed by atoms with Crippen LogP contribution in [-0.2, 0) is 23.3 Å². The van der Waals surface area contributed by atoms with Gasteiger partial charge >= 0.3 is 0 Å². The van der Waals surface area contributed by atoms with Gasteiger partial charge in [0.15, 0.2) is 0 Å². The third-order valence-corrected chi connectivity index (χ3v) is 4.60. The monoisotopic (exact) mass is 285 g/mol. The van der Waals surface area contributed by atoms with Crippen molar-refractivity contribution in [2.75, 3.05) is 6.54 Å². The highest BCUT2D eigenvalue weighted by molar-refractivity contribution is 7.87. The molecule has 0 unspecified atom stereocenters. The van der Waals surface area contributed by atoms with Crippen LogP contribution in [0.15, 0.2) is 24.3 Å². The van der Waals surface area contributed by atoms with E-state index in [-0.39, 0.29) is 6.04 Å². The van der Waals surface area contributed by atoms with Crippen molar-refractivity contribution in [2.24, 2.45) is 5.73 Å². The highest BCUT2D eigenvalue weighted by atomic mass is 32.2. The third kappa shape index (κ3) is 4.58. The number of nitrogens with one attached hydrogen (secondary N) is 1. The van der Waals surface area contributed by atoms with Crippen LogP contribution in [0, 0.1) is 0 Å². The molecule has 6 heteroatoms. The zero-order chi connectivity index (χ0) is 14.5. The highest BCUT2D eigenvalue weighted by Crippen LogP contribution is 2.13. The van der Waals surface area contributed by atoms with Crippen LogP contribution in [0.4, 0.5) is 0 Å². The van der Waals surface area contributed by atoms with Crippen LogP contribution in [0.1, 0.15) is 31.9 Å². The maximum atomic E-state index is 12.2. The molecule has 0 bridgehead atoms. The lowest BCUT2D eigenvalue weighted by Gasteiger charge is -2.23. The number of nitrogens with two attached hydrogens (primary N) is 1. The molecule has 0 aliphatic heterocycles. The van der Waals surface area contributed by atoms with Crippen molar-refractivity contribution in [1.82, 2.24) is 9.03 Å². The van der Waals surface area contributed by atoms with Crippen LogP contribution < -0.4 is 10.5 Å². The standard InChI is InChI=1S/C13H23N3O2S/c1-4-16(19(17,18)15-11(2)3)10-13-8-6-5-7-12(13)9-14/h5-8,11,15H,4,9-10,14H2,1-3H3. The number of rotatable bonds is 7. The van der Waals surface area contributed by atoms with Gasteiger partial charge in [-0.1, -0.05) is 31.2 Å². The molecular formula is C13H23N3O2S. The lowest BCUT2D eigenvalue weighted by molar-refractivity contribution is 0.409. The van der Waals surface area contributed by atoms with Crippen LogP contribution >= 0.6 is 0 Å². The summed E-state index contributed by atoms with van der Waals surface area (Å²) in [5.41, 5.74) is 7.59. The van der Waals surface area contributed by atoms with Gasteiger partial charge in [0.2, 0.25) is 0 Å². The summed E-state index contributed by atoms with van der Waals surface area (Å²) in [6, 6.07) is 7.51. The lowest BCUT2D eigenvalue weighted by atomic mass is 10.1. The van der Waals surface area contributed by atoms with Gasteiger partial charge in [0.25, 0.3) is 10.2 Å². The van der Waals surface area contributed by atoms with Crippen molar-refractivity contribution in [1.29, 1.82) is 0 Å². The Morgan fingerprint density at radius 2 is 1.84 bits per heavy atom. The Balaban J connectivity index is 2.94. The zero-order valence-electron chi connectivity index (χ0n) is 11.8. The number of benzene rings is 1. The minimum Gasteiger partial charge on any atom is -0.326 e. The van der Waals surface area contributed by atoms with Gasteiger partial charge in [0.05, 0.1) is 0 Å². The molecule has 0 saturated heterocycles. The van der Waals surface area contributed by atoms with E-state index in [2.05, 4.69) is 4.72 Å². The Labute approximate surface area is 116 Å². The molecule has 0 spiro atoms. The summed E-state index contributed by atoms with van der Waals surface area (Å²) in [5.74, 6) is 0. The zero-order valence-corrected chi connectivity index (χ0v) is 12.6. The van der Waals surface area contributed by atoms with E-state index >= 15 is 0 Å². The molecule has 0 fully saturated rings. The molecule has 1 aromatic rings. The normalized spacial score (nSPS) is 12.3. The van der Waals surface area contributed by atoms with E-state index in [1.807, 2.05) is 31.2 Å². The fraction of sp³-hybridized carbons (Fsp3) is 0.538. The maximum Gasteiger partial charge on any atom is 0.279 e. The fourth-order valence-electron chi connectivity index (χ4n) is 1.84. The molecule has 3 N–H and O–H groups in total. The summed E-state index contributed by atoms with van der Waals surface area (Å²) in [4.78, 5) is 0. The molecule has 108 valence electrons. The van der Waals surface area contributed by atoms with Crippen molar-refractivity contribution < 1.29 is 8.42 Å². The fourth-order valence-corrected chi connectivity index (χ4v) is 3.23. The lowest BCUT2D eigenvalue weighted by Crippen LogP contribution is -2.43. The Hall–Kier alpha value is -0.950. The Bertz CT molecular complexity index is 500.